The molecule has 3 aromatic heterocycles. The van der Waals surface area contributed by atoms with Crippen LogP contribution in [0.1, 0.15) is 5.69 Å². The molecular formula is C12H9ClN4. The molecule has 4 nitrogen and oxygen atoms in total. The molecule has 0 unspecified atom stereocenters. The Kier molecular flexibility index (Phi) is 2.30. The summed E-state index contributed by atoms with van der Waals surface area (Å²) in [5.41, 5.74) is 2.64. The molecule has 0 aliphatic heterocycles. The number of fused-ring (bicyclic) bond motifs is 1. The molecule has 3 rings (SSSR count). The summed E-state index contributed by atoms with van der Waals surface area (Å²) in [6.07, 6.45) is 3.58. The average Bonchev–Trinajstić information content (AvgIpc) is 2.64. The fourth-order valence-corrected chi connectivity index (χ4v) is 1.97. The molecule has 0 aliphatic rings. The summed E-state index contributed by atoms with van der Waals surface area (Å²) >= 11 is 5.88. The van der Waals surface area contributed by atoms with Gasteiger partial charge in [-0.25, -0.2) is 15.0 Å². The van der Waals surface area contributed by atoms with Crippen LogP contribution in [0, 0.1) is 6.92 Å². The van der Waals surface area contributed by atoms with Crippen LogP contribution in [0.5, 0.6) is 0 Å². The van der Waals surface area contributed by atoms with Crippen molar-refractivity contribution < 1.29 is 0 Å². The highest BCUT2D eigenvalue weighted by Gasteiger charge is 2.12. The summed E-state index contributed by atoms with van der Waals surface area (Å²) in [5.74, 6) is 0.591. The second kappa shape index (κ2) is 3.82. The maximum absolute atomic E-state index is 5.88. The molecule has 0 atom stereocenters. The van der Waals surface area contributed by atoms with Crippen LogP contribution in [0.15, 0.2) is 36.7 Å². The quantitative estimate of drug-likeness (QED) is 0.618. The monoisotopic (exact) mass is 244 g/mol. The molecule has 0 aliphatic carbocycles. The predicted octanol–water partition coefficient (Wildman–Crippen LogP) is 2.75. The van der Waals surface area contributed by atoms with E-state index in [0.29, 0.717) is 11.0 Å². The minimum Gasteiger partial charge on any atom is -0.297 e. The lowest BCUT2D eigenvalue weighted by molar-refractivity contribution is 1.10. The van der Waals surface area contributed by atoms with Gasteiger partial charge >= 0.3 is 0 Å². The molecule has 0 N–H and O–H groups in total. The van der Waals surface area contributed by atoms with E-state index in [1.807, 2.05) is 35.7 Å². The Morgan fingerprint density at radius 2 is 2.06 bits per heavy atom. The largest absolute Gasteiger partial charge is 0.297 e. The molecule has 0 radical (unpaired) electrons. The maximum atomic E-state index is 5.88. The van der Waals surface area contributed by atoms with Gasteiger partial charge in [0, 0.05) is 12.4 Å². The first-order valence-electron chi connectivity index (χ1n) is 5.18. The lowest BCUT2D eigenvalue weighted by Gasteiger charge is -2.01. The molecule has 3 aromatic rings. The molecule has 5 heteroatoms. The van der Waals surface area contributed by atoms with Crippen LogP contribution in [-0.4, -0.2) is 19.4 Å². The van der Waals surface area contributed by atoms with E-state index in [-0.39, 0.29) is 0 Å². The van der Waals surface area contributed by atoms with E-state index < -0.39 is 0 Å². The van der Waals surface area contributed by atoms with Crippen molar-refractivity contribution in [2.24, 2.45) is 0 Å². The van der Waals surface area contributed by atoms with Gasteiger partial charge in [-0.2, -0.15) is 0 Å². The van der Waals surface area contributed by atoms with Gasteiger partial charge in [0.15, 0.2) is 5.82 Å². The van der Waals surface area contributed by atoms with Crippen LogP contribution in [-0.2, 0) is 0 Å². The normalized spacial score (nSPS) is 10.9. The fourth-order valence-electron chi connectivity index (χ4n) is 1.83. The smallest absolute Gasteiger partial charge is 0.179 e. The number of rotatable bonds is 1. The van der Waals surface area contributed by atoms with Crippen LogP contribution in [0.25, 0.3) is 17.2 Å². The highest BCUT2D eigenvalue weighted by molar-refractivity contribution is 6.29. The zero-order valence-corrected chi connectivity index (χ0v) is 9.89. The van der Waals surface area contributed by atoms with Crippen molar-refractivity contribution in [1.82, 2.24) is 19.4 Å². The van der Waals surface area contributed by atoms with Crippen LogP contribution >= 0.6 is 11.6 Å². The highest BCUT2D eigenvalue weighted by Crippen LogP contribution is 2.22. The number of halogens is 1. The number of pyridine rings is 1. The maximum Gasteiger partial charge on any atom is 0.179 e. The van der Waals surface area contributed by atoms with Crippen molar-refractivity contribution in [2.75, 3.05) is 0 Å². The minimum atomic E-state index is 0.431. The summed E-state index contributed by atoms with van der Waals surface area (Å²) < 4.78 is 1.96. The topological polar surface area (TPSA) is 43.1 Å². The second-order valence-electron chi connectivity index (χ2n) is 3.68. The van der Waals surface area contributed by atoms with E-state index in [1.165, 1.54) is 0 Å². The van der Waals surface area contributed by atoms with E-state index in [2.05, 4.69) is 15.0 Å². The zero-order valence-electron chi connectivity index (χ0n) is 9.13. The van der Waals surface area contributed by atoms with Gasteiger partial charge in [0.25, 0.3) is 0 Å². The SMILES string of the molecule is Cc1nc2ccccn2c1-c1nccc(Cl)n1. The van der Waals surface area contributed by atoms with E-state index in [0.717, 1.165) is 17.0 Å². The third-order valence-electron chi connectivity index (χ3n) is 2.54. The van der Waals surface area contributed by atoms with Gasteiger partial charge in [0.2, 0.25) is 0 Å². The predicted molar refractivity (Wildman–Crippen MR) is 66.0 cm³/mol. The number of nitrogens with zero attached hydrogens (tertiary/aromatic N) is 4. The Hall–Kier alpha value is -1.94. The average molecular weight is 245 g/mol. The second-order valence-corrected chi connectivity index (χ2v) is 4.06. The third kappa shape index (κ3) is 1.66. The molecule has 0 fully saturated rings. The third-order valence-corrected chi connectivity index (χ3v) is 2.75. The summed E-state index contributed by atoms with van der Waals surface area (Å²) in [6, 6.07) is 7.50. The van der Waals surface area contributed by atoms with E-state index in [1.54, 1.807) is 12.3 Å². The van der Waals surface area contributed by atoms with Gasteiger partial charge in [-0.1, -0.05) is 17.7 Å². The van der Waals surface area contributed by atoms with Crippen molar-refractivity contribution in [2.45, 2.75) is 6.92 Å². The first-order chi connectivity index (χ1) is 8.25. The Balaban J connectivity index is 2.33. The molecular weight excluding hydrogens is 236 g/mol. The van der Waals surface area contributed by atoms with E-state index >= 15 is 0 Å². The Labute approximate surface area is 103 Å². The number of aromatic nitrogens is 4. The summed E-state index contributed by atoms with van der Waals surface area (Å²) in [4.78, 5) is 12.9. The zero-order chi connectivity index (χ0) is 11.8. The number of imidazole rings is 1. The molecule has 3 heterocycles. The summed E-state index contributed by atoms with van der Waals surface area (Å²) in [6.45, 7) is 1.94. The van der Waals surface area contributed by atoms with Gasteiger partial charge in [-0.15, -0.1) is 0 Å². The van der Waals surface area contributed by atoms with Crippen LogP contribution < -0.4 is 0 Å². The standard InChI is InChI=1S/C12H9ClN4/c1-8-11(12-14-6-5-9(13)16-12)17-7-3-2-4-10(17)15-8/h2-7H,1H3. The van der Waals surface area contributed by atoms with Crippen LogP contribution in [0.2, 0.25) is 5.15 Å². The first-order valence-corrected chi connectivity index (χ1v) is 5.56. The van der Waals surface area contributed by atoms with Crippen LogP contribution in [0.4, 0.5) is 0 Å². The molecule has 84 valence electrons. The van der Waals surface area contributed by atoms with Crippen molar-refractivity contribution in [3.63, 3.8) is 0 Å². The van der Waals surface area contributed by atoms with Crippen LogP contribution in [0.3, 0.4) is 0 Å². The van der Waals surface area contributed by atoms with E-state index in [9.17, 15) is 0 Å². The highest BCUT2D eigenvalue weighted by atomic mass is 35.5. The fraction of sp³-hybridized carbons (Fsp3) is 0.0833. The minimum absolute atomic E-state index is 0.431. The number of aryl methyl sites for hydroxylation is 1. The Bertz CT molecular complexity index is 690. The van der Waals surface area contributed by atoms with Gasteiger partial charge in [-0.3, -0.25) is 4.40 Å². The van der Waals surface area contributed by atoms with Crippen molar-refractivity contribution >= 4 is 17.2 Å². The van der Waals surface area contributed by atoms with Gasteiger partial charge in [-0.05, 0) is 25.1 Å². The molecule has 0 aromatic carbocycles. The molecule has 17 heavy (non-hydrogen) atoms. The van der Waals surface area contributed by atoms with Gasteiger partial charge < -0.3 is 0 Å². The molecule has 0 bridgehead atoms. The van der Waals surface area contributed by atoms with E-state index in [4.69, 9.17) is 11.6 Å². The van der Waals surface area contributed by atoms with Gasteiger partial charge in [0.1, 0.15) is 16.5 Å². The lowest BCUT2D eigenvalue weighted by atomic mass is 10.3. The Morgan fingerprint density at radius 3 is 2.88 bits per heavy atom. The van der Waals surface area contributed by atoms with Crippen molar-refractivity contribution in [1.29, 1.82) is 0 Å². The lowest BCUT2D eigenvalue weighted by Crippen LogP contribution is -1.94. The molecule has 0 saturated heterocycles. The van der Waals surface area contributed by atoms with Crippen molar-refractivity contribution in [3.8, 4) is 11.5 Å². The Morgan fingerprint density at radius 1 is 1.18 bits per heavy atom. The number of hydrogen-bond donors (Lipinski definition) is 0. The van der Waals surface area contributed by atoms with Gasteiger partial charge in [0.05, 0.1) is 5.69 Å². The summed E-state index contributed by atoms with van der Waals surface area (Å²) in [5, 5.41) is 0.431. The number of hydrogen-bond acceptors (Lipinski definition) is 3. The molecule has 0 amide bonds. The summed E-state index contributed by atoms with van der Waals surface area (Å²) in [7, 11) is 0. The first kappa shape index (κ1) is 10.2. The van der Waals surface area contributed by atoms with Crippen molar-refractivity contribution in [3.05, 3.63) is 47.5 Å². The molecule has 0 spiro atoms. The molecule has 0 saturated carbocycles.